The van der Waals surface area contributed by atoms with Crippen molar-refractivity contribution in [3.05, 3.63) is 137 Å². The lowest BCUT2D eigenvalue weighted by atomic mass is 9.96. The molecule has 1 N–H and O–H groups in total. The maximum absolute atomic E-state index is 6.18. The summed E-state index contributed by atoms with van der Waals surface area (Å²) in [7, 11) is 0. The van der Waals surface area contributed by atoms with Crippen LogP contribution >= 0.6 is 12.2 Å². The van der Waals surface area contributed by atoms with Gasteiger partial charge in [-0.15, -0.1) is 0 Å². The molecule has 0 spiro atoms. The van der Waals surface area contributed by atoms with Crippen LogP contribution in [0.1, 0.15) is 51.4 Å². The van der Waals surface area contributed by atoms with E-state index in [0.717, 1.165) is 28.4 Å². The SMILES string of the molecule is Cc1ccc(C)c(-n2c(C)cc([C@H]3[C@H](c4ccccn4)NC(=S)N3c3ccc(Oc4ccccc4C)cc3)c2C)c1. The molecule has 0 bridgehead atoms. The van der Waals surface area contributed by atoms with Crippen molar-refractivity contribution in [1.82, 2.24) is 14.9 Å². The van der Waals surface area contributed by atoms with Crippen molar-refractivity contribution in [3.63, 3.8) is 0 Å². The molecule has 5 nitrogen and oxygen atoms in total. The highest BCUT2D eigenvalue weighted by Crippen LogP contribution is 2.44. The fraction of sp³-hybridized carbons (Fsp3) is 0.200. The fourth-order valence-electron chi connectivity index (χ4n) is 5.84. The Bertz CT molecular complexity index is 1730. The normalized spacial score (nSPS) is 16.6. The highest BCUT2D eigenvalue weighted by molar-refractivity contribution is 7.80. The van der Waals surface area contributed by atoms with E-state index in [1.165, 1.54) is 33.8 Å². The van der Waals surface area contributed by atoms with Crippen LogP contribution in [-0.2, 0) is 0 Å². The summed E-state index contributed by atoms with van der Waals surface area (Å²) in [5.41, 5.74) is 10.3. The Morgan fingerprint density at radius 2 is 1.56 bits per heavy atom. The molecule has 206 valence electrons. The number of rotatable bonds is 6. The Morgan fingerprint density at radius 3 is 2.29 bits per heavy atom. The minimum Gasteiger partial charge on any atom is -0.457 e. The van der Waals surface area contributed by atoms with Crippen molar-refractivity contribution in [3.8, 4) is 17.2 Å². The molecule has 1 aliphatic rings. The second-order valence-electron chi connectivity index (χ2n) is 10.8. The first-order valence-corrected chi connectivity index (χ1v) is 14.3. The summed E-state index contributed by atoms with van der Waals surface area (Å²) < 4.78 is 8.55. The zero-order chi connectivity index (χ0) is 28.7. The number of hydrogen-bond acceptors (Lipinski definition) is 3. The second-order valence-corrected chi connectivity index (χ2v) is 11.2. The Morgan fingerprint density at radius 1 is 0.805 bits per heavy atom. The summed E-state index contributed by atoms with van der Waals surface area (Å²) in [4.78, 5) is 6.96. The molecule has 0 saturated carbocycles. The van der Waals surface area contributed by atoms with E-state index >= 15 is 0 Å². The van der Waals surface area contributed by atoms with E-state index < -0.39 is 0 Å². The molecule has 2 aromatic heterocycles. The van der Waals surface area contributed by atoms with Gasteiger partial charge in [-0.3, -0.25) is 4.98 Å². The standard InChI is InChI=1S/C35H34N4OS/c1-22-13-14-23(2)31(20-22)38-25(4)21-29(26(38)5)34-33(30-11-8-9-19-36-30)37-35(41)39(34)27-15-17-28(18-16-27)40-32-12-7-6-10-24(32)3/h6-21,33-34H,1-5H3,(H,37,41)/t33-,34-/m0/s1. The predicted molar refractivity (Wildman–Crippen MR) is 170 cm³/mol. The van der Waals surface area contributed by atoms with E-state index in [4.69, 9.17) is 21.9 Å². The van der Waals surface area contributed by atoms with Crippen LogP contribution in [0.4, 0.5) is 5.69 Å². The van der Waals surface area contributed by atoms with E-state index in [2.05, 4.69) is 97.9 Å². The number of aryl methyl sites for hydroxylation is 4. The number of nitrogens with zero attached hydrogens (tertiary/aromatic N) is 3. The average Bonchev–Trinajstić information content (AvgIpc) is 3.47. The van der Waals surface area contributed by atoms with Gasteiger partial charge >= 0.3 is 0 Å². The molecule has 5 aromatic rings. The zero-order valence-electron chi connectivity index (χ0n) is 24.1. The van der Waals surface area contributed by atoms with Gasteiger partial charge in [0.1, 0.15) is 11.5 Å². The van der Waals surface area contributed by atoms with Gasteiger partial charge in [0.15, 0.2) is 5.11 Å². The third kappa shape index (κ3) is 5.00. The van der Waals surface area contributed by atoms with Crippen molar-refractivity contribution < 1.29 is 4.74 Å². The van der Waals surface area contributed by atoms with Crippen LogP contribution in [0.2, 0.25) is 0 Å². The Hall–Kier alpha value is -4.42. The molecule has 41 heavy (non-hydrogen) atoms. The third-order valence-corrected chi connectivity index (χ3v) is 8.24. The van der Waals surface area contributed by atoms with Gasteiger partial charge in [-0.05, 0) is 124 Å². The van der Waals surface area contributed by atoms with Crippen molar-refractivity contribution in [2.24, 2.45) is 0 Å². The summed E-state index contributed by atoms with van der Waals surface area (Å²) in [6.45, 7) is 10.7. The summed E-state index contributed by atoms with van der Waals surface area (Å²) >= 11 is 5.99. The first-order valence-electron chi connectivity index (χ1n) is 13.9. The first-order chi connectivity index (χ1) is 19.8. The molecule has 1 fully saturated rings. The lowest BCUT2D eigenvalue weighted by molar-refractivity contribution is 0.479. The zero-order valence-corrected chi connectivity index (χ0v) is 24.9. The molecule has 6 rings (SSSR count). The minimum atomic E-state index is -0.112. The molecule has 0 unspecified atom stereocenters. The molecule has 6 heteroatoms. The van der Waals surface area contributed by atoms with Gasteiger partial charge in [0.25, 0.3) is 0 Å². The highest BCUT2D eigenvalue weighted by atomic mass is 32.1. The van der Waals surface area contributed by atoms with Crippen LogP contribution < -0.4 is 15.0 Å². The number of para-hydroxylation sites is 1. The number of thiocarbonyl (C=S) groups is 1. The predicted octanol–water partition coefficient (Wildman–Crippen LogP) is 8.38. The Kier molecular flexibility index (Phi) is 7.10. The van der Waals surface area contributed by atoms with E-state index in [-0.39, 0.29) is 12.1 Å². The van der Waals surface area contributed by atoms with Crippen LogP contribution in [0.5, 0.6) is 11.5 Å². The van der Waals surface area contributed by atoms with Crippen LogP contribution in [0.25, 0.3) is 5.69 Å². The van der Waals surface area contributed by atoms with E-state index in [0.29, 0.717) is 5.11 Å². The van der Waals surface area contributed by atoms with E-state index in [1.54, 1.807) is 0 Å². The van der Waals surface area contributed by atoms with E-state index in [9.17, 15) is 0 Å². The molecule has 3 heterocycles. The molecule has 0 radical (unpaired) electrons. The summed E-state index contributed by atoms with van der Waals surface area (Å²) in [6, 6.07) is 31.0. The minimum absolute atomic E-state index is 0.0920. The number of aromatic nitrogens is 2. The quantitative estimate of drug-likeness (QED) is 0.212. The molecule has 3 aromatic carbocycles. The number of ether oxygens (including phenoxy) is 1. The monoisotopic (exact) mass is 558 g/mol. The van der Waals surface area contributed by atoms with Crippen molar-refractivity contribution in [2.45, 2.75) is 46.7 Å². The van der Waals surface area contributed by atoms with Crippen LogP contribution in [0, 0.1) is 34.6 Å². The second kappa shape index (κ2) is 10.9. The molecule has 2 atom stereocenters. The summed E-state index contributed by atoms with van der Waals surface area (Å²) in [6.07, 6.45) is 1.84. The van der Waals surface area contributed by atoms with Gasteiger partial charge in [0.2, 0.25) is 0 Å². The van der Waals surface area contributed by atoms with Crippen LogP contribution in [-0.4, -0.2) is 14.7 Å². The van der Waals surface area contributed by atoms with Crippen LogP contribution in [0.3, 0.4) is 0 Å². The van der Waals surface area contributed by atoms with Gasteiger partial charge < -0.3 is 19.5 Å². The van der Waals surface area contributed by atoms with Gasteiger partial charge in [-0.2, -0.15) is 0 Å². The number of benzene rings is 3. The molecule has 0 aliphatic carbocycles. The van der Waals surface area contributed by atoms with Gasteiger partial charge in [-0.25, -0.2) is 0 Å². The van der Waals surface area contributed by atoms with Gasteiger partial charge in [0, 0.05) is 29.0 Å². The maximum Gasteiger partial charge on any atom is 0.174 e. The number of hydrogen-bond donors (Lipinski definition) is 1. The van der Waals surface area contributed by atoms with Crippen molar-refractivity contribution in [1.29, 1.82) is 0 Å². The van der Waals surface area contributed by atoms with Gasteiger partial charge in [-0.1, -0.05) is 36.4 Å². The smallest absolute Gasteiger partial charge is 0.174 e. The highest BCUT2D eigenvalue weighted by Gasteiger charge is 2.42. The van der Waals surface area contributed by atoms with Crippen molar-refractivity contribution >= 4 is 23.0 Å². The largest absolute Gasteiger partial charge is 0.457 e. The molecular weight excluding hydrogens is 524 g/mol. The molecule has 0 amide bonds. The first kappa shape index (κ1) is 26.8. The van der Waals surface area contributed by atoms with E-state index in [1.807, 2.05) is 48.7 Å². The summed E-state index contributed by atoms with van der Waals surface area (Å²) in [5.74, 6) is 1.64. The third-order valence-electron chi connectivity index (χ3n) is 7.93. The lowest BCUT2D eigenvalue weighted by Gasteiger charge is -2.28. The average molecular weight is 559 g/mol. The fourth-order valence-corrected chi connectivity index (χ4v) is 6.19. The molecular formula is C35H34N4OS. The summed E-state index contributed by atoms with van der Waals surface area (Å²) in [5, 5.41) is 4.28. The van der Waals surface area contributed by atoms with Crippen LogP contribution in [0.15, 0.2) is 97.2 Å². The molecule has 1 aliphatic heterocycles. The lowest BCUT2D eigenvalue weighted by Crippen LogP contribution is -2.29. The Labute approximate surface area is 247 Å². The number of pyridine rings is 1. The van der Waals surface area contributed by atoms with Crippen molar-refractivity contribution in [2.75, 3.05) is 4.90 Å². The topological polar surface area (TPSA) is 42.3 Å². The maximum atomic E-state index is 6.18. The number of nitrogens with one attached hydrogen (secondary N) is 1. The molecule has 1 saturated heterocycles. The van der Waals surface area contributed by atoms with Gasteiger partial charge in [0.05, 0.1) is 17.8 Å². The Balaban J connectivity index is 1.43. The number of anilines is 1.